The van der Waals surface area contributed by atoms with Crippen LogP contribution in [0, 0.1) is 12.7 Å². The molecule has 1 saturated heterocycles. The summed E-state index contributed by atoms with van der Waals surface area (Å²) in [4.78, 5) is 36.9. The molecular weight excluding hydrogens is 1010 g/mol. The van der Waals surface area contributed by atoms with Gasteiger partial charge in [-0.05, 0) is 85.1 Å². The van der Waals surface area contributed by atoms with Crippen molar-refractivity contribution >= 4 is 87.9 Å². The van der Waals surface area contributed by atoms with E-state index in [1.54, 1.807) is 43.6 Å². The number of aromatic nitrogens is 4. The predicted octanol–water partition coefficient (Wildman–Crippen LogP) is 9.69. The lowest BCUT2D eigenvalue weighted by Crippen LogP contribution is -2.49. The standard InChI is InChI=1S/C53H54Cl2F2N6O9S/c1-30-41-42-38-24-33(56)4-6-37(38)48-43(41)44-50(59-29-60-51(44)73-48)72-40(52(64)65)23-32-22-35(69-27-36(71-47(45(30)54)46(42)55)25-63-16-14-62(2)15-17-63)5-7-39(32)70-26-34-10-13-58-49(61-34)31-8-11-53(57,12-9-31)28-68-21-20-67-19-18-66-3/h4-8,10,13,22,24,29,36,40H,9,11-12,14-21,23,25-28H2,1-3H3,(H,64,65)/t36-,40-,53+/m1/s1. The maximum absolute atomic E-state index is 15.7. The van der Waals surface area contributed by atoms with Gasteiger partial charge in [0.15, 0.2) is 11.6 Å². The molecule has 0 radical (unpaired) electrons. The van der Waals surface area contributed by atoms with Crippen molar-refractivity contribution in [1.82, 2.24) is 29.7 Å². The second-order valence-corrected chi connectivity index (χ2v) is 20.4. The molecule has 0 amide bonds. The number of ether oxygens (including phenoxy) is 7. The van der Waals surface area contributed by atoms with Crippen LogP contribution in [0.2, 0.25) is 10.0 Å². The number of fused-ring (bicyclic) bond motifs is 8. The van der Waals surface area contributed by atoms with Crippen LogP contribution in [0.1, 0.15) is 41.9 Å². The van der Waals surface area contributed by atoms with E-state index in [-0.39, 0.29) is 67.4 Å². The summed E-state index contributed by atoms with van der Waals surface area (Å²) in [5, 5.41) is 14.8. The zero-order chi connectivity index (χ0) is 50.8. The summed E-state index contributed by atoms with van der Waals surface area (Å²) in [7, 11) is 3.69. The van der Waals surface area contributed by atoms with Gasteiger partial charge in [0.1, 0.15) is 53.5 Å². The number of thiophene rings is 1. The highest BCUT2D eigenvalue weighted by Crippen LogP contribution is 2.53. The number of likely N-dealkylation sites (N-methyl/N-ethyl adjacent to an activating group) is 1. The Morgan fingerprint density at radius 1 is 0.945 bits per heavy atom. The Labute approximate surface area is 433 Å². The summed E-state index contributed by atoms with van der Waals surface area (Å²) in [6.45, 7) is 7.24. The molecular formula is C53H54Cl2F2N6O9S. The van der Waals surface area contributed by atoms with Crippen molar-refractivity contribution in [3.63, 3.8) is 0 Å². The minimum Gasteiger partial charge on any atom is -0.490 e. The van der Waals surface area contributed by atoms with Gasteiger partial charge in [-0.1, -0.05) is 35.3 Å². The summed E-state index contributed by atoms with van der Waals surface area (Å²) >= 11 is 16.1. The average molecular weight is 1060 g/mol. The van der Waals surface area contributed by atoms with Crippen molar-refractivity contribution in [1.29, 1.82) is 0 Å². The number of aliphatic carboxylic acids is 1. The monoisotopic (exact) mass is 1060 g/mol. The van der Waals surface area contributed by atoms with Gasteiger partial charge in [0.2, 0.25) is 12.0 Å². The van der Waals surface area contributed by atoms with Crippen LogP contribution < -0.4 is 18.9 Å². The lowest BCUT2D eigenvalue weighted by molar-refractivity contribution is -0.145. The van der Waals surface area contributed by atoms with Crippen LogP contribution in [0.3, 0.4) is 0 Å². The molecule has 4 aromatic carbocycles. The summed E-state index contributed by atoms with van der Waals surface area (Å²) in [5.74, 6) is -0.192. The normalized spacial score (nSPS) is 20.0. The molecule has 0 spiro atoms. The number of carboxylic acid groups (broad SMARTS) is 1. The first-order chi connectivity index (χ1) is 35.4. The molecule has 3 aliphatic heterocycles. The Bertz CT molecular complexity index is 3230. The number of hydrogen-bond donors (Lipinski definition) is 1. The van der Waals surface area contributed by atoms with E-state index in [4.69, 9.17) is 61.3 Å². The van der Waals surface area contributed by atoms with Gasteiger partial charge in [-0.2, -0.15) is 0 Å². The van der Waals surface area contributed by atoms with Crippen molar-refractivity contribution in [2.75, 3.05) is 86.5 Å². The highest BCUT2D eigenvalue weighted by atomic mass is 35.5. The topological polar surface area (TPSA) is 160 Å². The van der Waals surface area contributed by atoms with Crippen LogP contribution in [0.25, 0.3) is 47.4 Å². The summed E-state index contributed by atoms with van der Waals surface area (Å²) in [6.07, 6.45) is 3.35. The van der Waals surface area contributed by atoms with E-state index in [2.05, 4.69) is 31.8 Å². The van der Waals surface area contributed by atoms with E-state index in [1.165, 1.54) is 29.8 Å². The number of rotatable bonds is 15. The van der Waals surface area contributed by atoms with Crippen LogP contribution in [0.15, 0.2) is 61.1 Å². The maximum Gasteiger partial charge on any atom is 0.345 e. The molecule has 73 heavy (non-hydrogen) atoms. The van der Waals surface area contributed by atoms with Gasteiger partial charge in [0.05, 0.1) is 54.2 Å². The van der Waals surface area contributed by atoms with E-state index in [0.717, 1.165) is 36.5 Å². The van der Waals surface area contributed by atoms with Crippen LogP contribution >= 0.6 is 34.5 Å². The Morgan fingerprint density at radius 2 is 1.77 bits per heavy atom. The van der Waals surface area contributed by atoms with Gasteiger partial charge in [-0.25, -0.2) is 33.5 Å². The molecule has 1 N–H and O–H groups in total. The second kappa shape index (κ2) is 22.1. The van der Waals surface area contributed by atoms with E-state index in [9.17, 15) is 9.90 Å². The van der Waals surface area contributed by atoms with Gasteiger partial charge in [-0.15, -0.1) is 11.3 Å². The molecule has 0 unspecified atom stereocenters. The van der Waals surface area contributed by atoms with Crippen molar-refractivity contribution < 1.29 is 51.8 Å². The van der Waals surface area contributed by atoms with Gasteiger partial charge >= 0.3 is 5.97 Å². The third-order valence-electron chi connectivity index (χ3n) is 13.6. The molecule has 1 aliphatic carbocycles. The van der Waals surface area contributed by atoms with Crippen molar-refractivity contribution in [3.8, 4) is 23.1 Å². The van der Waals surface area contributed by atoms with Gasteiger partial charge < -0.3 is 43.2 Å². The number of nitrogens with zero attached hydrogens (tertiary/aromatic N) is 6. The SMILES string of the molecule is COCCOCCOC[C@]1(F)CC=C(c2nccc(COc3ccc4cc3C[C@H](C(=O)O)Oc3ncnc5sc6c7ccc(F)cc7c7c(Cl)c(c(Cl)c(C)c7c6c35)O[C@H](CN3CCN(C)CC3)CO4)n2)CC1. The third-order valence-corrected chi connectivity index (χ3v) is 15.6. The molecule has 3 atom stereocenters. The highest BCUT2D eigenvalue weighted by molar-refractivity contribution is 7.26. The smallest absolute Gasteiger partial charge is 0.345 e. The summed E-state index contributed by atoms with van der Waals surface area (Å²) in [6, 6.07) is 11.5. The largest absolute Gasteiger partial charge is 0.490 e. The van der Waals surface area contributed by atoms with E-state index in [0.29, 0.717) is 104 Å². The third kappa shape index (κ3) is 11.0. The first-order valence-corrected chi connectivity index (χ1v) is 25.7. The molecule has 20 heteroatoms. The minimum absolute atomic E-state index is 0.00223. The number of carboxylic acids is 1. The molecule has 11 rings (SSSR count). The number of methoxy groups -OCH3 is 1. The number of aryl methyl sites for hydroxylation is 1. The molecule has 6 heterocycles. The Hall–Kier alpha value is -5.57. The number of carbonyl (C=O) groups is 1. The maximum atomic E-state index is 15.7. The molecule has 6 bridgehead atoms. The first-order valence-electron chi connectivity index (χ1n) is 24.2. The molecule has 7 aromatic rings. The quantitative estimate of drug-likeness (QED) is 0.0763. The summed E-state index contributed by atoms with van der Waals surface area (Å²) < 4.78 is 74.1. The second-order valence-electron chi connectivity index (χ2n) is 18.7. The lowest BCUT2D eigenvalue weighted by Gasteiger charge is -2.35. The average Bonchev–Trinajstić information content (AvgIpc) is 3.79. The number of hydrogen-bond acceptors (Lipinski definition) is 15. The van der Waals surface area contributed by atoms with E-state index < -0.39 is 29.7 Å². The Morgan fingerprint density at radius 3 is 2.56 bits per heavy atom. The minimum atomic E-state index is -1.51. The number of halogens is 4. The zero-order valence-corrected chi connectivity index (χ0v) is 42.9. The predicted molar refractivity (Wildman–Crippen MR) is 276 cm³/mol. The fraction of sp³-hybridized carbons (Fsp3) is 0.415. The van der Waals surface area contributed by atoms with Gasteiger partial charge in [-0.3, -0.25) is 4.90 Å². The number of allylic oxidation sites excluding steroid dienone is 2. The van der Waals surface area contributed by atoms with Gasteiger partial charge in [0.25, 0.3) is 0 Å². The van der Waals surface area contributed by atoms with Crippen LogP contribution in [-0.4, -0.2) is 145 Å². The fourth-order valence-electron chi connectivity index (χ4n) is 9.66. The number of piperazine rings is 1. The van der Waals surface area contributed by atoms with Gasteiger partial charge in [0, 0.05) is 85.3 Å². The van der Waals surface area contributed by atoms with E-state index >= 15 is 8.78 Å². The first kappa shape index (κ1) is 50.9. The highest BCUT2D eigenvalue weighted by Gasteiger charge is 2.34. The van der Waals surface area contributed by atoms with Crippen LogP contribution in [0.5, 0.6) is 23.1 Å². The number of benzene rings is 4. The van der Waals surface area contributed by atoms with Crippen LogP contribution in [0.4, 0.5) is 8.78 Å². The molecule has 3 aromatic heterocycles. The van der Waals surface area contributed by atoms with Crippen LogP contribution in [-0.2, 0) is 32.0 Å². The van der Waals surface area contributed by atoms with Crippen molar-refractivity contribution in [2.24, 2.45) is 0 Å². The number of alkyl halides is 1. The molecule has 1 fully saturated rings. The molecule has 384 valence electrons. The lowest BCUT2D eigenvalue weighted by atomic mass is 9.87. The Kier molecular flexibility index (Phi) is 15.4. The molecule has 0 saturated carbocycles. The van der Waals surface area contributed by atoms with Crippen molar-refractivity contribution in [2.45, 2.75) is 57.1 Å². The molecule has 15 nitrogen and oxygen atoms in total. The Balaban J connectivity index is 0.989. The van der Waals surface area contributed by atoms with Crippen molar-refractivity contribution in [3.05, 3.63) is 99.6 Å². The molecule has 4 aliphatic rings. The van der Waals surface area contributed by atoms with E-state index in [1.807, 2.05) is 13.0 Å². The fourth-order valence-corrected chi connectivity index (χ4v) is 11.5. The summed E-state index contributed by atoms with van der Waals surface area (Å²) in [5.41, 5.74) is 0.950. The zero-order valence-electron chi connectivity index (χ0n) is 40.6.